The number of halogens is 4. The second-order valence-corrected chi connectivity index (χ2v) is 3.43. The van der Waals surface area contributed by atoms with Crippen LogP contribution in [0.15, 0.2) is 0 Å². The Bertz CT molecular complexity index is 148. The Balaban J connectivity index is 2.54. The van der Waals surface area contributed by atoms with E-state index >= 15 is 0 Å². The molecule has 1 aliphatic carbocycles. The van der Waals surface area contributed by atoms with Crippen LogP contribution < -0.4 is 0 Å². The van der Waals surface area contributed by atoms with Crippen molar-refractivity contribution in [3.05, 3.63) is 0 Å². The Labute approximate surface area is 62.6 Å². The van der Waals surface area contributed by atoms with Gasteiger partial charge < -0.3 is 0 Å². The number of hydrogen-bond donors (Lipinski definition) is 0. The second kappa shape index (κ2) is 2.11. The first-order chi connectivity index (χ1) is 4.80. The van der Waals surface area contributed by atoms with Crippen molar-refractivity contribution < 1.29 is 17.6 Å². The zero-order chi connectivity index (χ0) is 8.86. The predicted octanol–water partition coefficient (Wildman–Crippen LogP) is 2.93. The van der Waals surface area contributed by atoms with Crippen LogP contribution in [0.4, 0.5) is 17.6 Å². The van der Waals surface area contributed by atoms with Gasteiger partial charge in [0.05, 0.1) is 5.92 Å². The van der Waals surface area contributed by atoms with Gasteiger partial charge in [-0.15, -0.1) is 0 Å². The van der Waals surface area contributed by atoms with Gasteiger partial charge in [-0.05, 0) is 12.3 Å². The van der Waals surface area contributed by atoms with Gasteiger partial charge in [0.25, 0.3) is 0 Å². The van der Waals surface area contributed by atoms with Gasteiger partial charge in [0.1, 0.15) is 0 Å². The summed E-state index contributed by atoms with van der Waals surface area (Å²) in [4.78, 5) is 0. The van der Waals surface area contributed by atoms with E-state index in [4.69, 9.17) is 0 Å². The molecule has 0 aromatic heterocycles. The smallest absolute Gasteiger partial charge is 0.199 e. The molecule has 0 bridgehead atoms. The van der Waals surface area contributed by atoms with Crippen molar-refractivity contribution in [1.29, 1.82) is 0 Å². The van der Waals surface area contributed by atoms with Gasteiger partial charge in [0, 0.05) is 0 Å². The van der Waals surface area contributed by atoms with Gasteiger partial charge in [0.2, 0.25) is 0 Å². The molecule has 0 aliphatic heterocycles. The van der Waals surface area contributed by atoms with E-state index in [-0.39, 0.29) is 12.3 Å². The van der Waals surface area contributed by atoms with Crippen LogP contribution in [0.25, 0.3) is 0 Å². The van der Waals surface area contributed by atoms with E-state index in [9.17, 15) is 17.6 Å². The summed E-state index contributed by atoms with van der Waals surface area (Å²) in [6.07, 6.45) is -0.0972. The topological polar surface area (TPSA) is 0 Å². The minimum Gasteiger partial charge on any atom is -0.199 e. The van der Waals surface area contributed by atoms with Crippen molar-refractivity contribution in [2.24, 2.45) is 11.8 Å². The van der Waals surface area contributed by atoms with Gasteiger partial charge >= 0.3 is 11.8 Å². The lowest BCUT2D eigenvalue weighted by Crippen LogP contribution is -2.02. The molecule has 0 spiro atoms. The molecule has 1 saturated carbocycles. The maximum atomic E-state index is 12.2. The summed E-state index contributed by atoms with van der Waals surface area (Å²) in [6, 6.07) is 0. The van der Waals surface area contributed by atoms with Crippen LogP contribution in [0, 0.1) is 11.8 Å². The van der Waals surface area contributed by atoms with Crippen LogP contribution in [-0.2, 0) is 0 Å². The molecule has 0 radical (unpaired) electrons. The van der Waals surface area contributed by atoms with E-state index in [1.165, 1.54) is 0 Å². The fourth-order valence-electron chi connectivity index (χ4n) is 1.17. The molecular formula is C7H10F4. The van der Waals surface area contributed by atoms with E-state index in [1.54, 1.807) is 13.8 Å². The molecule has 0 unspecified atom stereocenters. The van der Waals surface area contributed by atoms with Gasteiger partial charge in [-0.25, -0.2) is 0 Å². The lowest BCUT2D eigenvalue weighted by Gasteiger charge is -1.99. The highest BCUT2D eigenvalue weighted by molar-refractivity contribution is 5.13. The minimum absolute atomic E-state index is 0.0972. The quantitative estimate of drug-likeness (QED) is 0.559. The molecule has 1 aliphatic rings. The van der Waals surface area contributed by atoms with Crippen LogP contribution in [0.2, 0.25) is 0 Å². The molecule has 0 heterocycles. The normalized spacial score (nSPS) is 27.5. The maximum absolute atomic E-state index is 12.2. The average Bonchev–Trinajstić information content (AvgIpc) is 2.11. The third-order valence-corrected chi connectivity index (χ3v) is 1.94. The average molecular weight is 170 g/mol. The molecule has 0 amide bonds. The van der Waals surface area contributed by atoms with Gasteiger partial charge in [0.15, 0.2) is 0 Å². The molecule has 0 aromatic carbocycles. The summed E-state index contributed by atoms with van der Waals surface area (Å²) in [5.41, 5.74) is 0. The van der Waals surface area contributed by atoms with Crippen LogP contribution in [-0.4, -0.2) is 11.8 Å². The van der Waals surface area contributed by atoms with Crippen LogP contribution in [0.1, 0.15) is 20.3 Å². The van der Waals surface area contributed by atoms with Crippen molar-refractivity contribution in [3.8, 4) is 0 Å². The third kappa shape index (κ3) is 1.12. The highest BCUT2D eigenvalue weighted by Gasteiger charge is 2.84. The summed E-state index contributed by atoms with van der Waals surface area (Å²) in [5, 5.41) is 0. The summed E-state index contributed by atoms with van der Waals surface area (Å²) in [7, 11) is 0. The third-order valence-electron chi connectivity index (χ3n) is 1.94. The van der Waals surface area contributed by atoms with E-state index in [1.807, 2.05) is 0 Å². The second-order valence-electron chi connectivity index (χ2n) is 3.43. The van der Waals surface area contributed by atoms with Crippen molar-refractivity contribution in [2.45, 2.75) is 32.1 Å². The molecule has 66 valence electrons. The van der Waals surface area contributed by atoms with E-state index in [0.29, 0.717) is 0 Å². The monoisotopic (exact) mass is 170 g/mol. The van der Waals surface area contributed by atoms with E-state index < -0.39 is 17.8 Å². The Morgan fingerprint density at radius 2 is 1.45 bits per heavy atom. The molecule has 1 fully saturated rings. The fourth-order valence-corrected chi connectivity index (χ4v) is 1.17. The number of alkyl halides is 4. The van der Waals surface area contributed by atoms with Gasteiger partial charge in [-0.1, -0.05) is 13.8 Å². The summed E-state index contributed by atoms with van der Waals surface area (Å²) in [6.45, 7) is 3.31. The summed E-state index contributed by atoms with van der Waals surface area (Å²) < 4.78 is 48.7. The van der Waals surface area contributed by atoms with Gasteiger partial charge in [-0.2, -0.15) is 17.6 Å². The number of hydrogen-bond acceptors (Lipinski definition) is 0. The molecule has 0 nitrogen and oxygen atoms in total. The molecule has 0 atom stereocenters. The lowest BCUT2D eigenvalue weighted by atomic mass is 10.1. The molecule has 4 heteroatoms. The highest BCUT2D eigenvalue weighted by atomic mass is 19.3. The van der Waals surface area contributed by atoms with E-state index in [0.717, 1.165) is 0 Å². The first-order valence-electron chi connectivity index (χ1n) is 3.55. The Morgan fingerprint density at radius 3 is 1.55 bits per heavy atom. The Hall–Kier alpha value is -0.280. The Morgan fingerprint density at radius 1 is 1.09 bits per heavy atom. The van der Waals surface area contributed by atoms with Crippen molar-refractivity contribution in [3.63, 3.8) is 0 Å². The van der Waals surface area contributed by atoms with Crippen molar-refractivity contribution >= 4 is 0 Å². The molecule has 0 saturated heterocycles. The minimum atomic E-state index is -3.74. The lowest BCUT2D eigenvalue weighted by molar-refractivity contribution is -0.0278. The first kappa shape index (κ1) is 8.81. The van der Waals surface area contributed by atoms with E-state index in [2.05, 4.69) is 0 Å². The van der Waals surface area contributed by atoms with Crippen LogP contribution in [0.5, 0.6) is 0 Å². The molecule has 0 N–H and O–H groups in total. The fraction of sp³-hybridized carbons (Fsp3) is 1.00. The standard InChI is InChI=1S/C7H10F4/c1-4(2)3-5-6(8,9)7(5,10)11/h4-5H,3H2,1-2H3. The van der Waals surface area contributed by atoms with Crippen LogP contribution >= 0.6 is 0 Å². The largest absolute Gasteiger partial charge is 0.319 e. The zero-order valence-corrected chi connectivity index (χ0v) is 6.37. The molecule has 11 heavy (non-hydrogen) atoms. The molecule has 0 aromatic rings. The molecular weight excluding hydrogens is 160 g/mol. The van der Waals surface area contributed by atoms with Crippen molar-refractivity contribution in [2.75, 3.05) is 0 Å². The summed E-state index contributed by atoms with van der Waals surface area (Å²) >= 11 is 0. The molecule has 1 rings (SSSR count). The zero-order valence-electron chi connectivity index (χ0n) is 6.37. The highest BCUT2D eigenvalue weighted by Crippen LogP contribution is 2.64. The maximum Gasteiger partial charge on any atom is 0.319 e. The number of rotatable bonds is 2. The summed E-state index contributed by atoms with van der Waals surface area (Å²) in [5.74, 6) is -9.29. The van der Waals surface area contributed by atoms with Gasteiger partial charge in [-0.3, -0.25) is 0 Å². The van der Waals surface area contributed by atoms with Crippen LogP contribution in [0.3, 0.4) is 0 Å². The Kier molecular flexibility index (Phi) is 1.69. The predicted molar refractivity (Wildman–Crippen MR) is 32.8 cm³/mol. The first-order valence-corrected chi connectivity index (χ1v) is 3.55. The van der Waals surface area contributed by atoms with Crippen molar-refractivity contribution in [1.82, 2.24) is 0 Å². The SMILES string of the molecule is CC(C)CC1C(F)(F)C1(F)F.